The van der Waals surface area contributed by atoms with Crippen molar-refractivity contribution in [2.75, 3.05) is 0 Å². The number of rotatable bonds is 3. The van der Waals surface area contributed by atoms with E-state index in [4.69, 9.17) is 5.73 Å². The molecule has 74 valence electrons. The van der Waals surface area contributed by atoms with E-state index in [2.05, 4.69) is 35.0 Å². The van der Waals surface area contributed by atoms with Gasteiger partial charge in [0.25, 0.3) is 0 Å². The maximum Gasteiger partial charge on any atom is 0.0294 e. The molecule has 0 aliphatic carbocycles. The topological polar surface area (TPSA) is 26.0 Å². The zero-order valence-electron chi connectivity index (χ0n) is 7.66. The van der Waals surface area contributed by atoms with Crippen molar-refractivity contribution in [3.05, 3.63) is 34.3 Å². The maximum atomic E-state index is 5.94. The molecule has 0 saturated heterocycles. The molecule has 0 saturated carbocycles. The molecule has 3 heteroatoms. The summed E-state index contributed by atoms with van der Waals surface area (Å²) in [6, 6.07) is 8.41. The highest BCUT2D eigenvalue weighted by atomic mass is 79.9. The summed E-state index contributed by atoms with van der Waals surface area (Å²) >= 11 is 3.39. The second-order valence-corrected chi connectivity index (χ2v) is 3.86. The smallest absolute Gasteiger partial charge is 0.0294 e. The molecule has 1 aromatic carbocycles. The summed E-state index contributed by atoms with van der Waals surface area (Å²) in [7, 11) is 0. The molecule has 0 aliphatic rings. The fourth-order valence-corrected chi connectivity index (χ4v) is 1.45. The molecule has 0 amide bonds. The molecule has 1 rings (SSSR count). The Bertz CT molecular complexity index is 235. The van der Waals surface area contributed by atoms with Gasteiger partial charge in [0.2, 0.25) is 0 Å². The Morgan fingerprint density at radius 2 is 1.85 bits per heavy atom. The van der Waals surface area contributed by atoms with E-state index in [0.29, 0.717) is 0 Å². The van der Waals surface area contributed by atoms with Crippen LogP contribution in [0.25, 0.3) is 0 Å². The summed E-state index contributed by atoms with van der Waals surface area (Å²) < 4.78 is 1.11. The normalized spacial score (nSPS) is 11.9. The second-order valence-electron chi connectivity index (χ2n) is 2.95. The van der Waals surface area contributed by atoms with Crippen molar-refractivity contribution in [3.63, 3.8) is 0 Å². The van der Waals surface area contributed by atoms with Crippen LogP contribution in [0.3, 0.4) is 0 Å². The predicted molar refractivity (Wildman–Crippen MR) is 63.2 cm³/mol. The average Bonchev–Trinajstić information content (AvgIpc) is 2.06. The van der Waals surface area contributed by atoms with Crippen molar-refractivity contribution in [1.82, 2.24) is 0 Å². The lowest BCUT2D eigenvalue weighted by Crippen LogP contribution is -2.09. The number of nitrogens with two attached hydrogens (primary N) is 1. The van der Waals surface area contributed by atoms with E-state index in [0.717, 1.165) is 17.3 Å². The third-order valence-corrected chi connectivity index (χ3v) is 2.43. The van der Waals surface area contributed by atoms with Crippen molar-refractivity contribution >= 4 is 28.3 Å². The Kier molecular flexibility index (Phi) is 6.39. The Hall–Kier alpha value is -0.0500. The van der Waals surface area contributed by atoms with Crippen molar-refractivity contribution in [3.8, 4) is 0 Å². The van der Waals surface area contributed by atoms with Gasteiger partial charge in [0.05, 0.1) is 0 Å². The molecule has 0 heterocycles. The number of hydrogen-bond donors (Lipinski definition) is 1. The van der Waals surface area contributed by atoms with E-state index in [1.54, 1.807) is 0 Å². The third-order valence-electron chi connectivity index (χ3n) is 1.90. The summed E-state index contributed by atoms with van der Waals surface area (Å²) in [5.74, 6) is 0. The molecule has 13 heavy (non-hydrogen) atoms. The first-order valence-electron chi connectivity index (χ1n) is 4.25. The van der Waals surface area contributed by atoms with Gasteiger partial charge >= 0.3 is 0 Å². The molecule has 2 N–H and O–H groups in total. The van der Waals surface area contributed by atoms with Gasteiger partial charge in [-0.2, -0.15) is 0 Å². The summed E-state index contributed by atoms with van der Waals surface area (Å²) in [5.41, 5.74) is 7.16. The maximum absolute atomic E-state index is 5.94. The highest BCUT2D eigenvalue weighted by Crippen LogP contribution is 2.18. The van der Waals surface area contributed by atoms with Crippen LogP contribution in [0.4, 0.5) is 0 Å². The van der Waals surface area contributed by atoms with E-state index in [-0.39, 0.29) is 18.4 Å². The predicted octanol–water partition coefficient (Wildman–Crippen LogP) is 3.67. The molecule has 0 bridgehead atoms. The quantitative estimate of drug-likeness (QED) is 0.886. The van der Waals surface area contributed by atoms with Gasteiger partial charge in [-0.3, -0.25) is 0 Å². The van der Waals surface area contributed by atoms with Crippen molar-refractivity contribution in [1.29, 1.82) is 0 Å². The van der Waals surface area contributed by atoms with Crippen LogP contribution in [0.1, 0.15) is 31.4 Å². The number of hydrogen-bond acceptors (Lipinski definition) is 1. The minimum absolute atomic E-state index is 0. The van der Waals surface area contributed by atoms with Gasteiger partial charge in [0.1, 0.15) is 0 Å². The fraction of sp³-hybridized carbons (Fsp3) is 0.400. The number of benzene rings is 1. The van der Waals surface area contributed by atoms with Crippen LogP contribution < -0.4 is 5.73 Å². The molecule has 0 spiro atoms. The van der Waals surface area contributed by atoms with Crippen LogP contribution in [0, 0.1) is 0 Å². The first-order chi connectivity index (χ1) is 5.74. The van der Waals surface area contributed by atoms with Crippen molar-refractivity contribution in [2.45, 2.75) is 25.8 Å². The zero-order valence-corrected chi connectivity index (χ0v) is 10.1. The SMILES string of the molecule is CCC[C@H](N)c1ccc(Br)cc1.Cl. The summed E-state index contributed by atoms with van der Waals surface area (Å²) in [5, 5.41) is 0. The van der Waals surface area contributed by atoms with E-state index in [1.165, 1.54) is 5.56 Å². The van der Waals surface area contributed by atoms with Gasteiger partial charge in [0.15, 0.2) is 0 Å². The zero-order chi connectivity index (χ0) is 8.97. The minimum Gasteiger partial charge on any atom is -0.324 e. The van der Waals surface area contributed by atoms with Crippen LogP contribution in [-0.4, -0.2) is 0 Å². The van der Waals surface area contributed by atoms with E-state index in [1.807, 2.05) is 12.1 Å². The Balaban J connectivity index is 0.00000144. The molecule has 1 nitrogen and oxygen atoms in total. The molecule has 1 aromatic rings. The van der Waals surface area contributed by atoms with Gasteiger partial charge in [-0.1, -0.05) is 41.4 Å². The Labute approximate surface area is 94.3 Å². The van der Waals surface area contributed by atoms with Gasteiger partial charge in [-0.15, -0.1) is 12.4 Å². The van der Waals surface area contributed by atoms with Crippen molar-refractivity contribution < 1.29 is 0 Å². The monoisotopic (exact) mass is 263 g/mol. The standard InChI is InChI=1S/C10H14BrN.ClH/c1-2-3-10(12)8-4-6-9(11)7-5-8;/h4-7,10H,2-3,12H2,1H3;1H/t10-;/m0./s1. The molecule has 0 aromatic heterocycles. The van der Waals surface area contributed by atoms with Crippen LogP contribution in [0.5, 0.6) is 0 Å². The molecular formula is C10H15BrClN. The summed E-state index contributed by atoms with van der Waals surface area (Å²) in [6.07, 6.45) is 2.19. The lowest BCUT2D eigenvalue weighted by molar-refractivity contribution is 0.638. The Morgan fingerprint density at radius 1 is 1.31 bits per heavy atom. The van der Waals surface area contributed by atoms with Crippen molar-refractivity contribution in [2.24, 2.45) is 5.73 Å². The highest BCUT2D eigenvalue weighted by molar-refractivity contribution is 9.10. The molecule has 0 aliphatic heterocycles. The molecule has 0 fully saturated rings. The Morgan fingerprint density at radius 3 is 2.31 bits per heavy atom. The molecule has 1 atom stereocenters. The second kappa shape index (κ2) is 6.41. The lowest BCUT2D eigenvalue weighted by Gasteiger charge is -2.09. The first-order valence-corrected chi connectivity index (χ1v) is 5.04. The van der Waals surface area contributed by atoms with Crippen LogP contribution in [-0.2, 0) is 0 Å². The van der Waals surface area contributed by atoms with Gasteiger partial charge < -0.3 is 5.73 Å². The molecule has 0 unspecified atom stereocenters. The van der Waals surface area contributed by atoms with Gasteiger partial charge in [-0.25, -0.2) is 0 Å². The van der Waals surface area contributed by atoms with Crippen LogP contribution in [0.2, 0.25) is 0 Å². The highest BCUT2D eigenvalue weighted by Gasteiger charge is 2.02. The van der Waals surface area contributed by atoms with Gasteiger partial charge in [0, 0.05) is 10.5 Å². The first kappa shape index (κ1) is 12.9. The summed E-state index contributed by atoms with van der Waals surface area (Å²) in [4.78, 5) is 0. The van der Waals surface area contributed by atoms with Crippen LogP contribution >= 0.6 is 28.3 Å². The van der Waals surface area contributed by atoms with Gasteiger partial charge in [-0.05, 0) is 24.1 Å². The largest absolute Gasteiger partial charge is 0.324 e. The average molecular weight is 265 g/mol. The third kappa shape index (κ3) is 4.12. The van der Waals surface area contributed by atoms with Crippen LogP contribution in [0.15, 0.2) is 28.7 Å². The van der Waals surface area contributed by atoms with E-state index >= 15 is 0 Å². The molecule has 0 radical (unpaired) electrons. The van der Waals surface area contributed by atoms with E-state index in [9.17, 15) is 0 Å². The summed E-state index contributed by atoms with van der Waals surface area (Å²) in [6.45, 7) is 2.15. The fourth-order valence-electron chi connectivity index (χ4n) is 1.19. The molecular weight excluding hydrogens is 249 g/mol. The van der Waals surface area contributed by atoms with E-state index < -0.39 is 0 Å². The minimum atomic E-state index is 0. The lowest BCUT2D eigenvalue weighted by atomic mass is 10.0. The number of halogens is 2.